The Bertz CT molecular complexity index is 402. The van der Waals surface area contributed by atoms with Crippen molar-refractivity contribution in [3.8, 4) is 0 Å². The predicted octanol–water partition coefficient (Wildman–Crippen LogP) is 3.01. The van der Waals surface area contributed by atoms with Gasteiger partial charge in [-0.3, -0.25) is 4.79 Å². The first-order chi connectivity index (χ1) is 8.15. The molecule has 2 rings (SSSR count). The van der Waals surface area contributed by atoms with Crippen LogP contribution >= 0.6 is 35.0 Å². The van der Waals surface area contributed by atoms with Crippen LogP contribution in [0.1, 0.15) is 23.2 Å². The summed E-state index contributed by atoms with van der Waals surface area (Å²) in [6.07, 6.45) is 2.40. The summed E-state index contributed by atoms with van der Waals surface area (Å²) in [5.41, 5.74) is 0.456. The van der Waals surface area contributed by atoms with E-state index in [4.69, 9.17) is 23.2 Å². The van der Waals surface area contributed by atoms with Crippen LogP contribution in [0.15, 0.2) is 12.1 Å². The Balaban J connectivity index is 1.94. The zero-order valence-corrected chi connectivity index (χ0v) is 11.4. The Morgan fingerprint density at radius 1 is 1.47 bits per heavy atom. The maximum Gasteiger partial charge on any atom is 0.251 e. The van der Waals surface area contributed by atoms with Gasteiger partial charge in [0.05, 0.1) is 0 Å². The standard InChI is InChI=1S/C11H12Cl2N2OS/c12-9-4-7(5-10(13)15-9)11(16)14-6-8-2-1-3-17-8/h4-5,8H,1-3,6H2,(H,14,16). The van der Waals surface area contributed by atoms with Gasteiger partial charge < -0.3 is 5.32 Å². The maximum absolute atomic E-state index is 11.8. The molecule has 0 aromatic carbocycles. The molecular formula is C11H12Cl2N2OS. The second kappa shape index (κ2) is 5.94. The van der Waals surface area contributed by atoms with E-state index in [0.717, 1.165) is 0 Å². The Kier molecular flexibility index (Phi) is 4.54. The van der Waals surface area contributed by atoms with Gasteiger partial charge in [0, 0.05) is 17.4 Å². The first-order valence-electron chi connectivity index (χ1n) is 5.38. The Hall–Kier alpha value is -0.450. The lowest BCUT2D eigenvalue weighted by Gasteiger charge is -2.10. The maximum atomic E-state index is 11.8. The van der Waals surface area contributed by atoms with E-state index < -0.39 is 0 Å². The van der Waals surface area contributed by atoms with Crippen LogP contribution in [0.5, 0.6) is 0 Å². The smallest absolute Gasteiger partial charge is 0.251 e. The zero-order valence-electron chi connectivity index (χ0n) is 9.08. The third-order valence-corrected chi connectivity index (χ3v) is 4.32. The molecule has 1 aliphatic heterocycles. The fourth-order valence-electron chi connectivity index (χ4n) is 1.71. The van der Waals surface area contributed by atoms with E-state index in [2.05, 4.69) is 10.3 Å². The normalized spacial score (nSPS) is 19.3. The number of hydrogen-bond acceptors (Lipinski definition) is 3. The summed E-state index contributed by atoms with van der Waals surface area (Å²) < 4.78 is 0. The van der Waals surface area contributed by atoms with Crippen LogP contribution in [0.3, 0.4) is 0 Å². The molecule has 0 bridgehead atoms. The molecule has 1 N–H and O–H groups in total. The van der Waals surface area contributed by atoms with Crippen molar-refractivity contribution in [2.24, 2.45) is 0 Å². The summed E-state index contributed by atoms with van der Waals surface area (Å²) in [4.78, 5) is 15.6. The molecule has 1 fully saturated rings. The average molecular weight is 291 g/mol. The molecule has 0 radical (unpaired) electrons. The number of aromatic nitrogens is 1. The third kappa shape index (κ3) is 3.76. The summed E-state index contributed by atoms with van der Waals surface area (Å²) in [5.74, 6) is 1.04. The number of thioether (sulfide) groups is 1. The molecule has 1 atom stereocenters. The topological polar surface area (TPSA) is 42.0 Å². The van der Waals surface area contributed by atoms with Gasteiger partial charge in [-0.05, 0) is 30.7 Å². The molecule has 6 heteroatoms. The predicted molar refractivity (Wildman–Crippen MR) is 72.1 cm³/mol. The van der Waals surface area contributed by atoms with E-state index in [1.54, 1.807) is 0 Å². The van der Waals surface area contributed by atoms with Gasteiger partial charge >= 0.3 is 0 Å². The minimum Gasteiger partial charge on any atom is -0.351 e. The SMILES string of the molecule is O=C(NCC1CCCS1)c1cc(Cl)nc(Cl)c1. The lowest BCUT2D eigenvalue weighted by atomic mass is 10.2. The van der Waals surface area contributed by atoms with Crippen LogP contribution in [0, 0.1) is 0 Å². The fraction of sp³-hybridized carbons (Fsp3) is 0.455. The Morgan fingerprint density at radius 3 is 2.76 bits per heavy atom. The molecule has 0 spiro atoms. The van der Waals surface area contributed by atoms with Crippen molar-refractivity contribution in [2.45, 2.75) is 18.1 Å². The Labute approximate surface area is 114 Å². The number of pyridine rings is 1. The van der Waals surface area contributed by atoms with Gasteiger partial charge in [-0.25, -0.2) is 4.98 Å². The average Bonchev–Trinajstić information content (AvgIpc) is 2.77. The first-order valence-corrected chi connectivity index (χ1v) is 7.18. The Morgan fingerprint density at radius 2 is 2.18 bits per heavy atom. The van der Waals surface area contributed by atoms with Crippen molar-refractivity contribution in [2.75, 3.05) is 12.3 Å². The van der Waals surface area contributed by atoms with E-state index in [0.29, 0.717) is 17.4 Å². The minimum atomic E-state index is -0.149. The van der Waals surface area contributed by atoms with Crippen molar-refractivity contribution in [3.63, 3.8) is 0 Å². The number of nitrogens with zero attached hydrogens (tertiary/aromatic N) is 1. The van der Waals surface area contributed by atoms with Crippen molar-refractivity contribution in [3.05, 3.63) is 28.0 Å². The van der Waals surface area contributed by atoms with E-state index in [1.807, 2.05) is 11.8 Å². The van der Waals surface area contributed by atoms with Gasteiger partial charge in [-0.2, -0.15) is 11.8 Å². The molecule has 1 saturated heterocycles. The molecule has 1 unspecified atom stereocenters. The molecule has 17 heavy (non-hydrogen) atoms. The van der Waals surface area contributed by atoms with Crippen molar-refractivity contribution in [1.29, 1.82) is 0 Å². The van der Waals surface area contributed by atoms with Crippen LogP contribution in [0.4, 0.5) is 0 Å². The number of rotatable bonds is 3. The third-order valence-electron chi connectivity index (χ3n) is 2.54. The number of carbonyl (C=O) groups excluding carboxylic acids is 1. The largest absolute Gasteiger partial charge is 0.351 e. The van der Waals surface area contributed by atoms with Gasteiger partial charge in [0.2, 0.25) is 0 Å². The van der Waals surface area contributed by atoms with Crippen LogP contribution in [-0.4, -0.2) is 28.4 Å². The molecule has 0 aliphatic carbocycles. The van der Waals surface area contributed by atoms with Gasteiger partial charge in [0.1, 0.15) is 10.3 Å². The number of amides is 1. The van der Waals surface area contributed by atoms with Crippen LogP contribution in [0.25, 0.3) is 0 Å². The number of carbonyl (C=O) groups is 1. The highest BCUT2D eigenvalue weighted by Gasteiger charge is 2.17. The van der Waals surface area contributed by atoms with Gasteiger partial charge in [-0.15, -0.1) is 0 Å². The van der Waals surface area contributed by atoms with Crippen LogP contribution < -0.4 is 5.32 Å². The highest BCUT2D eigenvalue weighted by molar-refractivity contribution is 8.00. The lowest BCUT2D eigenvalue weighted by Crippen LogP contribution is -2.29. The second-order valence-corrected chi connectivity index (χ2v) is 6.03. The quantitative estimate of drug-likeness (QED) is 0.870. The van der Waals surface area contributed by atoms with Crippen molar-refractivity contribution >= 4 is 40.9 Å². The lowest BCUT2D eigenvalue weighted by molar-refractivity contribution is 0.0953. The number of halogens is 2. The summed E-state index contributed by atoms with van der Waals surface area (Å²) >= 11 is 13.4. The molecule has 1 amide bonds. The van der Waals surface area contributed by atoms with Gasteiger partial charge in [0.25, 0.3) is 5.91 Å². The summed E-state index contributed by atoms with van der Waals surface area (Å²) in [5, 5.41) is 3.89. The van der Waals surface area contributed by atoms with Crippen molar-refractivity contribution < 1.29 is 4.79 Å². The van der Waals surface area contributed by atoms with Crippen LogP contribution in [0.2, 0.25) is 10.3 Å². The molecular weight excluding hydrogens is 279 g/mol. The van der Waals surface area contributed by atoms with E-state index >= 15 is 0 Å². The van der Waals surface area contributed by atoms with E-state index in [1.165, 1.54) is 30.7 Å². The van der Waals surface area contributed by atoms with E-state index in [-0.39, 0.29) is 16.2 Å². The van der Waals surface area contributed by atoms with Crippen molar-refractivity contribution in [1.82, 2.24) is 10.3 Å². The van der Waals surface area contributed by atoms with Crippen LogP contribution in [-0.2, 0) is 0 Å². The zero-order chi connectivity index (χ0) is 12.3. The molecule has 1 aromatic heterocycles. The molecule has 1 aromatic rings. The second-order valence-electron chi connectivity index (χ2n) is 3.85. The molecule has 3 nitrogen and oxygen atoms in total. The first kappa shape index (κ1) is 13.0. The monoisotopic (exact) mass is 290 g/mol. The van der Waals surface area contributed by atoms with E-state index in [9.17, 15) is 4.79 Å². The molecule has 2 heterocycles. The highest BCUT2D eigenvalue weighted by Crippen LogP contribution is 2.25. The highest BCUT2D eigenvalue weighted by atomic mass is 35.5. The summed E-state index contributed by atoms with van der Waals surface area (Å²) in [7, 11) is 0. The molecule has 1 aliphatic rings. The molecule has 0 saturated carbocycles. The summed E-state index contributed by atoms with van der Waals surface area (Å²) in [6.45, 7) is 0.695. The van der Waals surface area contributed by atoms with Gasteiger partial charge in [0.15, 0.2) is 0 Å². The number of hydrogen-bond donors (Lipinski definition) is 1. The summed E-state index contributed by atoms with van der Waals surface area (Å²) in [6, 6.07) is 3.04. The van der Waals surface area contributed by atoms with Gasteiger partial charge in [-0.1, -0.05) is 23.2 Å². The number of nitrogens with one attached hydrogen (secondary N) is 1. The fourth-order valence-corrected chi connectivity index (χ4v) is 3.37. The minimum absolute atomic E-state index is 0.149. The molecule has 92 valence electrons.